The van der Waals surface area contributed by atoms with Crippen molar-refractivity contribution in [2.24, 2.45) is 11.8 Å². The molecule has 0 spiro atoms. The standard InChI is InChI=1S/C21H29N3O3.C2H4O2/c25-19-8-4-7-18-16-11-17(13-22-12-16)20(24(18)19)21(26)23-9-10-27-14-15-5-2-1-3-6-15;1-2(3)4/h1-3,5-6,16-18,20,22H,4,7-14H2,(H,23,26);1H3,(H,3,4)/t16-,17+,18+,20-;/m1./s1. The molecule has 3 saturated heterocycles. The van der Waals surface area contributed by atoms with Crippen LogP contribution in [0.1, 0.15) is 38.2 Å². The van der Waals surface area contributed by atoms with Crippen molar-refractivity contribution < 1.29 is 24.2 Å². The van der Waals surface area contributed by atoms with Gasteiger partial charge in [0.25, 0.3) is 5.97 Å². The third-order valence-electron chi connectivity index (χ3n) is 6.17. The van der Waals surface area contributed by atoms with Crippen molar-refractivity contribution in [1.29, 1.82) is 0 Å². The number of nitrogens with one attached hydrogen (secondary N) is 2. The Morgan fingerprint density at radius 2 is 1.94 bits per heavy atom. The number of nitrogens with zero attached hydrogens (tertiary/aromatic N) is 1. The molecule has 8 nitrogen and oxygen atoms in total. The second kappa shape index (κ2) is 11.2. The van der Waals surface area contributed by atoms with Crippen molar-refractivity contribution in [3.8, 4) is 0 Å². The lowest BCUT2D eigenvalue weighted by Crippen LogP contribution is -2.68. The lowest BCUT2D eigenvalue weighted by atomic mass is 9.72. The highest BCUT2D eigenvalue weighted by atomic mass is 16.5. The maximum Gasteiger partial charge on any atom is 0.300 e. The number of ether oxygens (including phenoxy) is 1. The summed E-state index contributed by atoms with van der Waals surface area (Å²) in [5.41, 5.74) is 1.12. The summed E-state index contributed by atoms with van der Waals surface area (Å²) < 4.78 is 5.66. The first-order valence-electron chi connectivity index (χ1n) is 11.1. The highest BCUT2D eigenvalue weighted by molar-refractivity contribution is 5.89. The van der Waals surface area contributed by atoms with Crippen LogP contribution in [0.3, 0.4) is 0 Å². The Hall–Kier alpha value is -2.45. The summed E-state index contributed by atoms with van der Waals surface area (Å²) in [6.07, 6.45) is 3.59. The summed E-state index contributed by atoms with van der Waals surface area (Å²) in [5, 5.41) is 13.9. The molecule has 0 aromatic heterocycles. The number of piperidine rings is 3. The maximum atomic E-state index is 12.9. The Balaban J connectivity index is 0.000000628. The number of carboxylic acids is 1. The molecule has 0 radical (unpaired) electrons. The molecule has 170 valence electrons. The summed E-state index contributed by atoms with van der Waals surface area (Å²) in [6, 6.07) is 9.89. The van der Waals surface area contributed by atoms with E-state index < -0.39 is 5.97 Å². The molecule has 1 aromatic carbocycles. The first-order valence-corrected chi connectivity index (χ1v) is 11.1. The molecule has 4 rings (SSSR count). The Labute approximate surface area is 183 Å². The van der Waals surface area contributed by atoms with Gasteiger partial charge in [0.15, 0.2) is 0 Å². The number of fused-ring (bicyclic) bond motifs is 4. The monoisotopic (exact) mass is 431 g/mol. The summed E-state index contributed by atoms with van der Waals surface area (Å²) in [5.74, 6) is 0.00702. The maximum absolute atomic E-state index is 12.9. The van der Waals surface area contributed by atoms with Gasteiger partial charge in [-0.25, -0.2) is 0 Å². The van der Waals surface area contributed by atoms with Crippen LogP contribution in [0, 0.1) is 11.8 Å². The van der Waals surface area contributed by atoms with Gasteiger partial charge in [-0.05, 0) is 37.3 Å². The van der Waals surface area contributed by atoms with E-state index in [0.717, 1.165) is 44.8 Å². The average Bonchev–Trinajstić information content (AvgIpc) is 2.75. The van der Waals surface area contributed by atoms with Crippen LogP contribution in [0.4, 0.5) is 0 Å². The molecule has 0 unspecified atom stereocenters. The number of rotatable bonds is 6. The molecule has 1 aromatic rings. The average molecular weight is 432 g/mol. The minimum absolute atomic E-state index is 0.0225. The van der Waals surface area contributed by atoms with Crippen molar-refractivity contribution in [3.05, 3.63) is 35.9 Å². The van der Waals surface area contributed by atoms with E-state index in [-0.39, 0.29) is 29.8 Å². The number of hydrogen-bond donors (Lipinski definition) is 3. The predicted octanol–water partition coefficient (Wildman–Crippen LogP) is 1.40. The van der Waals surface area contributed by atoms with Gasteiger partial charge in [-0.1, -0.05) is 30.3 Å². The van der Waals surface area contributed by atoms with Gasteiger partial charge >= 0.3 is 0 Å². The van der Waals surface area contributed by atoms with Crippen LogP contribution >= 0.6 is 0 Å². The van der Waals surface area contributed by atoms with Crippen LogP contribution in [-0.2, 0) is 25.7 Å². The molecule has 3 heterocycles. The summed E-state index contributed by atoms with van der Waals surface area (Å²) in [4.78, 5) is 36.5. The van der Waals surface area contributed by atoms with Crippen molar-refractivity contribution in [2.45, 2.75) is 51.3 Å². The highest BCUT2D eigenvalue weighted by Crippen LogP contribution is 2.39. The fourth-order valence-corrected chi connectivity index (χ4v) is 4.97. The van der Waals surface area contributed by atoms with Gasteiger partial charge in [0, 0.05) is 38.4 Å². The molecule has 3 aliphatic heterocycles. The largest absolute Gasteiger partial charge is 0.481 e. The minimum atomic E-state index is -0.833. The molecule has 3 N–H and O–H groups in total. The highest BCUT2D eigenvalue weighted by Gasteiger charge is 2.50. The van der Waals surface area contributed by atoms with Gasteiger partial charge in [-0.3, -0.25) is 14.4 Å². The SMILES string of the molecule is CC(=O)O.O=C(NCCOCc1ccccc1)[C@H]1[C@@H]2CNC[C@@H](C2)[C@@H]2CCCC(=O)N21. The van der Waals surface area contributed by atoms with Crippen molar-refractivity contribution in [1.82, 2.24) is 15.5 Å². The van der Waals surface area contributed by atoms with Crippen LogP contribution in [0.2, 0.25) is 0 Å². The summed E-state index contributed by atoms with van der Waals surface area (Å²) >= 11 is 0. The lowest BCUT2D eigenvalue weighted by Gasteiger charge is -2.53. The van der Waals surface area contributed by atoms with E-state index in [1.807, 2.05) is 35.2 Å². The van der Waals surface area contributed by atoms with E-state index in [4.69, 9.17) is 14.6 Å². The van der Waals surface area contributed by atoms with Crippen molar-refractivity contribution in [2.75, 3.05) is 26.2 Å². The number of carbonyl (C=O) groups excluding carboxylic acids is 2. The molecular formula is C23H33N3O5. The quantitative estimate of drug-likeness (QED) is 0.588. The van der Waals surface area contributed by atoms with Gasteiger partial charge in [-0.15, -0.1) is 0 Å². The number of aliphatic carboxylic acids is 1. The Kier molecular flexibility index (Phi) is 8.43. The van der Waals surface area contributed by atoms with Crippen LogP contribution in [0.25, 0.3) is 0 Å². The smallest absolute Gasteiger partial charge is 0.300 e. The Bertz CT molecular complexity index is 753. The molecular weight excluding hydrogens is 398 g/mol. The van der Waals surface area contributed by atoms with Crippen LogP contribution < -0.4 is 10.6 Å². The summed E-state index contributed by atoms with van der Waals surface area (Å²) in [6.45, 7) is 4.35. The molecule has 4 atom stereocenters. The zero-order chi connectivity index (χ0) is 22.2. The molecule has 8 heteroatoms. The third-order valence-corrected chi connectivity index (χ3v) is 6.17. The Morgan fingerprint density at radius 3 is 2.68 bits per heavy atom. The van der Waals surface area contributed by atoms with E-state index in [1.54, 1.807) is 0 Å². The van der Waals surface area contributed by atoms with E-state index in [9.17, 15) is 9.59 Å². The molecule has 2 amide bonds. The van der Waals surface area contributed by atoms with E-state index >= 15 is 0 Å². The third kappa shape index (κ3) is 6.27. The Morgan fingerprint density at radius 1 is 1.23 bits per heavy atom. The second-order valence-electron chi connectivity index (χ2n) is 8.47. The fourth-order valence-electron chi connectivity index (χ4n) is 4.97. The first-order chi connectivity index (χ1) is 15.0. The molecule has 2 bridgehead atoms. The van der Waals surface area contributed by atoms with Crippen LogP contribution in [-0.4, -0.2) is 66.1 Å². The molecule has 0 saturated carbocycles. The van der Waals surface area contributed by atoms with Crippen LogP contribution in [0.5, 0.6) is 0 Å². The number of benzene rings is 1. The number of carboxylic acid groups (broad SMARTS) is 1. The molecule has 3 fully saturated rings. The van der Waals surface area contributed by atoms with Gasteiger partial charge in [0.2, 0.25) is 11.8 Å². The van der Waals surface area contributed by atoms with Gasteiger partial charge < -0.3 is 25.4 Å². The lowest BCUT2D eigenvalue weighted by molar-refractivity contribution is -0.157. The second-order valence-corrected chi connectivity index (χ2v) is 8.47. The van der Waals surface area contributed by atoms with Crippen LogP contribution in [0.15, 0.2) is 30.3 Å². The summed E-state index contributed by atoms with van der Waals surface area (Å²) in [7, 11) is 0. The van der Waals surface area contributed by atoms with E-state index in [2.05, 4.69) is 10.6 Å². The predicted molar refractivity (Wildman–Crippen MR) is 115 cm³/mol. The fraction of sp³-hybridized carbons (Fsp3) is 0.609. The van der Waals surface area contributed by atoms with Gasteiger partial charge in [0.1, 0.15) is 6.04 Å². The van der Waals surface area contributed by atoms with Crippen molar-refractivity contribution >= 4 is 17.8 Å². The van der Waals surface area contributed by atoms with E-state index in [1.165, 1.54) is 0 Å². The zero-order valence-electron chi connectivity index (χ0n) is 18.1. The first kappa shape index (κ1) is 23.2. The topological polar surface area (TPSA) is 108 Å². The molecule has 31 heavy (non-hydrogen) atoms. The van der Waals surface area contributed by atoms with E-state index in [0.29, 0.717) is 32.1 Å². The number of hydrogen-bond acceptors (Lipinski definition) is 5. The van der Waals surface area contributed by atoms with Crippen molar-refractivity contribution in [3.63, 3.8) is 0 Å². The number of amides is 2. The molecule has 0 aliphatic carbocycles. The van der Waals surface area contributed by atoms with Gasteiger partial charge in [-0.2, -0.15) is 0 Å². The zero-order valence-corrected chi connectivity index (χ0v) is 18.1. The normalized spacial score (nSPS) is 26.9. The minimum Gasteiger partial charge on any atom is -0.481 e. The number of carbonyl (C=O) groups is 3. The van der Waals surface area contributed by atoms with Gasteiger partial charge in [0.05, 0.1) is 13.2 Å². The molecule has 3 aliphatic rings.